The summed E-state index contributed by atoms with van der Waals surface area (Å²) in [5.41, 5.74) is 2.52. The Hall–Kier alpha value is -2.33. The molecule has 0 spiro atoms. The van der Waals surface area contributed by atoms with Gasteiger partial charge in [0.25, 0.3) is 5.91 Å². The largest absolute Gasteiger partial charge is 0.478 e. The highest BCUT2D eigenvalue weighted by Crippen LogP contribution is 2.22. The number of aromatic carboxylic acids is 1. The van der Waals surface area contributed by atoms with E-state index < -0.39 is 5.97 Å². The third kappa shape index (κ3) is 3.23. The number of amides is 1. The minimum Gasteiger partial charge on any atom is -0.478 e. The maximum Gasteiger partial charge on any atom is 0.335 e. The number of benzene rings is 2. The summed E-state index contributed by atoms with van der Waals surface area (Å²) in [6, 6.07) is 9.86. The molecule has 2 aromatic rings. The van der Waals surface area contributed by atoms with E-state index in [9.17, 15) is 9.59 Å². The van der Waals surface area contributed by atoms with Crippen LogP contribution in [-0.4, -0.2) is 17.0 Å². The lowest BCUT2D eigenvalue weighted by Crippen LogP contribution is -2.13. The van der Waals surface area contributed by atoms with Crippen molar-refractivity contribution in [1.29, 1.82) is 0 Å². The first-order valence-corrected chi connectivity index (χ1v) is 6.68. The van der Waals surface area contributed by atoms with E-state index in [1.54, 1.807) is 31.2 Å². The molecule has 0 unspecified atom stereocenters. The van der Waals surface area contributed by atoms with Crippen LogP contribution >= 0.6 is 11.6 Å². The molecule has 4 nitrogen and oxygen atoms in total. The number of carboxylic acid groups (broad SMARTS) is 1. The predicted octanol–water partition coefficient (Wildman–Crippen LogP) is 3.91. The molecule has 0 saturated heterocycles. The summed E-state index contributed by atoms with van der Waals surface area (Å²) in [7, 11) is 0. The van der Waals surface area contributed by atoms with E-state index in [1.807, 2.05) is 13.0 Å². The number of rotatable bonds is 3. The van der Waals surface area contributed by atoms with Gasteiger partial charge in [-0.2, -0.15) is 0 Å². The van der Waals surface area contributed by atoms with Gasteiger partial charge in [0.1, 0.15) is 0 Å². The van der Waals surface area contributed by atoms with Crippen LogP contribution in [0.3, 0.4) is 0 Å². The molecule has 1 amide bonds. The van der Waals surface area contributed by atoms with Gasteiger partial charge in [0.05, 0.1) is 16.1 Å². The Morgan fingerprint density at radius 2 is 1.76 bits per heavy atom. The Balaban J connectivity index is 2.26. The first-order chi connectivity index (χ1) is 9.90. The lowest BCUT2D eigenvalue weighted by atomic mass is 10.1. The maximum atomic E-state index is 12.2. The summed E-state index contributed by atoms with van der Waals surface area (Å²) < 4.78 is 0. The van der Waals surface area contributed by atoms with Gasteiger partial charge in [-0.15, -0.1) is 0 Å². The van der Waals surface area contributed by atoms with Gasteiger partial charge in [-0.25, -0.2) is 4.79 Å². The molecule has 0 saturated carbocycles. The van der Waals surface area contributed by atoms with Gasteiger partial charge in [0, 0.05) is 5.69 Å². The molecule has 0 aliphatic heterocycles. The molecule has 0 radical (unpaired) electrons. The Kier molecular flexibility index (Phi) is 4.29. The van der Waals surface area contributed by atoms with Crippen LogP contribution < -0.4 is 5.32 Å². The summed E-state index contributed by atoms with van der Waals surface area (Å²) in [4.78, 5) is 23.2. The second-order valence-electron chi connectivity index (χ2n) is 4.73. The summed E-state index contributed by atoms with van der Waals surface area (Å²) in [5, 5.41) is 12.1. The predicted molar refractivity (Wildman–Crippen MR) is 82.3 cm³/mol. The molecule has 2 N–H and O–H groups in total. The van der Waals surface area contributed by atoms with Gasteiger partial charge < -0.3 is 10.4 Å². The summed E-state index contributed by atoms with van der Waals surface area (Å²) in [6.07, 6.45) is 0. The zero-order chi connectivity index (χ0) is 15.6. The maximum absolute atomic E-state index is 12.2. The number of nitrogens with one attached hydrogen (secondary N) is 1. The Morgan fingerprint density at radius 1 is 1.05 bits per heavy atom. The highest BCUT2D eigenvalue weighted by Gasteiger charge is 2.13. The van der Waals surface area contributed by atoms with E-state index in [0.717, 1.165) is 5.56 Å². The number of hydrogen-bond acceptors (Lipinski definition) is 2. The Labute approximate surface area is 127 Å². The standard InChI is InChI=1S/C16H14ClNO3/c1-9-4-3-5-13(14(9)17)15(19)18-11-6-7-12(16(20)21)10(2)8-11/h3-8H,1-2H3,(H,18,19)(H,20,21). The topological polar surface area (TPSA) is 66.4 Å². The van der Waals surface area contributed by atoms with Crippen molar-refractivity contribution in [2.24, 2.45) is 0 Å². The number of carbonyl (C=O) groups excluding carboxylic acids is 1. The fraction of sp³-hybridized carbons (Fsp3) is 0.125. The lowest BCUT2D eigenvalue weighted by molar-refractivity contribution is 0.0696. The molecule has 0 heterocycles. The SMILES string of the molecule is Cc1cc(NC(=O)c2cccc(C)c2Cl)ccc1C(=O)O. The Morgan fingerprint density at radius 3 is 2.38 bits per heavy atom. The number of aryl methyl sites for hydroxylation is 2. The van der Waals surface area contributed by atoms with E-state index in [0.29, 0.717) is 21.8 Å². The van der Waals surface area contributed by atoms with E-state index in [1.165, 1.54) is 6.07 Å². The van der Waals surface area contributed by atoms with Gasteiger partial charge in [-0.3, -0.25) is 4.79 Å². The zero-order valence-electron chi connectivity index (χ0n) is 11.6. The van der Waals surface area contributed by atoms with Crippen LogP contribution in [0.1, 0.15) is 31.8 Å². The molecule has 21 heavy (non-hydrogen) atoms. The molecule has 5 heteroatoms. The molecular weight excluding hydrogens is 290 g/mol. The third-order valence-electron chi connectivity index (χ3n) is 3.15. The first-order valence-electron chi connectivity index (χ1n) is 6.30. The van der Waals surface area contributed by atoms with Crippen molar-refractivity contribution in [1.82, 2.24) is 0 Å². The molecule has 0 aliphatic rings. The zero-order valence-corrected chi connectivity index (χ0v) is 12.4. The Bertz CT molecular complexity index is 725. The van der Waals surface area contributed by atoms with Crippen molar-refractivity contribution in [3.8, 4) is 0 Å². The monoisotopic (exact) mass is 303 g/mol. The fourth-order valence-corrected chi connectivity index (χ4v) is 2.21. The minimum absolute atomic E-state index is 0.210. The third-order valence-corrected chi connectivity index (χ3v) is 3.65. The van der Waals surface area contributed by atoms with Gasteiger partial charge >= 0.3 is 5.97 Å². The smallest absolute Gasteiger partial charge is 0.335 e. The molecule has 0 aromatic heterocycles. The van der Waals surface area contributed by atoms with Crippen LogP contribution in [-0.2, 0) is 0 Å². The molecule has 2 rings (SSSR count). The van der Waals surface area contributed by atoms with Crippen molar-refractivity contribution < 1.29 is 14.7 Å². The average Bonchev–Trinajstić information content (AvgIpc) is 2.41. The van der Waals surface area contributed by atoms with Crippen LogP contribution in [0.25, 0.3) is 0 Å². The molecule has 0 fully saturated rings. The van der Waals surface area contributed by atoms with Crippen LogP contribution in [0, 0.1) is 13.8 Å². The second-order valence-corrected chi connectivity index (χ2v) is 5.10. The van der Waals surface area contributed by atoms with Crippen molar-refractivity contribution in [3.05, 3.63) is 63.7 Å². The normalized spacial score (nSPS) is 10.2. The van der Waals surface area contributed by atoms with E-state index in [-0.39, 0.29) is 11.5 Å². The quantitative estimate of drug-likeness (QED) is 0.903. The summed E-state index contributed by atoms with van der Waals surface area (Å²) in [6.45, 7) is 3.50. The highest BCUT2D eigenvalue weighted by molar-refractivity contribution is 6.35. The number of halogens is 1. The summed E-state index contributed by atoms with van der Waals surface area (Å²) >= 11 is 6.11. The molecular formula is C16H14ClNO3. The number of hydrogen-bond donors (Lipinski definition) is 2. The van der Waals surface area contributed by atoms with Crippen molar-refractivity contribution in [2.75, 3.05) is 5.32 Å². The van der Waals surface area contributed by atoms with E-state index >= 15 is 0 Å². The molecule has 0 atom stereocenters. The van der Waals surface area contributed by atoms with Crippen LogP contribution in [0.15, 0.2) is 36.4 Å². The van der Waals surface area contributed by atoms with E-state index in [2.05, 4.69) is 5.32 Å². The van der Waals surface area contributed by atoms with Crippen molar-refractivity contribution >= 4 is 29.2 Å². The summed E-state index contributed by atoms with van der Waals surface area (Å²) in [5.74, 6) is -1.32. The minimum atomic E-state index is -0.993. The fourth-order valence-electron chi connectivity index (χ4n) is 2.00. The van der Waals surface area contributed by atoms with Crippen molar-refractivity contribution in [3.63, 3.8) is 0 Å². The van der Waals surface area contributed by atoms with Gasteiger partial charge in [0.2, 0.25) is 0 Å². The number of anilines is 1. The number of carboxylic acids is 1. The van der Waals surface area contributed by atoms with Crippen LogP contribution in [0.2, 0.25) is 5.02 Å². The highest BCUT2D eigenvalue weighted by atomic mass is 35.5. The average molecular weight is 304 g/mol. The van der Waals surface area contributed by atoms with Crippen LogP contribution in [0.5, 0.6) is 0 Å². The second kappa shape index (κ2) is 5.97. The molecule has 2 aromatic carbocycles. The van der Waals surface area contributed by atoms with Gasteiger partial charge in [-0.1, -0.05) is 23.7 Å². The van der Waals surface area contributed by atoms with Crippen molar-refractivity contribution in [2.45, 2.75) is 13.8 Å². The first kappa shape index (κ1) is 15.1. The lowest BCUT2D eigenvalue weighted by Gasteiger charge is -2.10. The molecule has 108 valence electrons. The van der Waals surface area contributed by atoms with Gasteiger partial charge in [-0.05, 0) is 49.2 Å². The van der Waals surface area contributed by atoms with Gasteiger partial charge in [0.15, 0.2) is 0 Å². The van der Waals surface area contributed by atoms with E-state index in [4.69, 9.17) is 16.7 Å². The number of carbonyl (C=O) groups is 2. The van der Waals surface area contributed by atoms with Crippen LogP contribution in [0.4, 0.5) is 5.69 Å². The molecule has 0 aliphatic carbocycles. The molecule has 0 bridgehead atoms.